The van der Waals surface area contributed by atoms with Crippen LogP contribution in [0, 0.1) is 6.92 Å². The van der Waals surface area contributed by atoms with Gasteiger partial charge >= 0.3 is 0 Å². The number of halogens is 3. The van der Waals surface area contributed by atoms with Gasteiger partial charge in [-0.05, 0) is 18.6 Å². The Morgan fingerprint density at radius 1 is 1.27 bits per heavy atom. The molecule has 0 unspecified atom stereocenters. The fourth-order valence-corrected chi connectivity index (χ4v) is 0.836. The van der Waals surface area contributed by atoms with Crippen LogP contribution in [0.5, 0.6) is 0 Å². The third-order valence-corrected chi connectivity index (χ3v) is 1.97. The first kappa shape index (κ1) is 11.5. The lowest BCUT2D eigenvalue weighted by Gasteiger charge is -1.91. The summed E-state index contributed by atoms with van der Waals surface area (Å²) in [6, 6.07) is 8.15. The smallest absolute Gasteiger partial charge is 0.155 e. The Balaban J connectivity index is 0.000000292. The largest absolute Gasteiger partial charge is 0.222 e. The maximum atomic E-state index is 4.90. The second-order valence-electron chi connectivity index (χ2n) is 1.85. The molecule has 0 heterocycles. The summed E-state index contributed by atoms with van der Waals surface area (Å²) < 4.78 is 1.18. The van der Waals surface area contributed by atoms with Gasteiger partial charge in [0.1, 0.15) is 0 Å². The molecule has 4 heteroatoms. The summed E-state index contributed by atoms with van der Waals surface area (Å²) in [4.78, 5) is 0. The number of hydrogen-bond acceptors (Lipinski definition) is 0. The highest BCUT2D eigenvalue weighted by molar-refractivity contribution is 9.10. The molecule has 1 rings (SSSR count). The standard InChI is InChI=1S/C7H7Br.Cl2H2Si/c1-6-4-2-3-5-7(6)8;1-3-2/h2-5H,1H3;3H2. The molecule has 0 aromatic heterocycles. The first-order valence-corrected chi connectivity index (χ1v) is 8.12. The van der Waals surface area contributed by atoms with Gasteiger partial charge in [0, 0.05) is 4.47 Å². The molecule has 0 aliphatic heterocycles. The fourth-order valence-electron chi connectivity index (χ4n) is 0.551. The van der Waals surface area contributed by atoms with Crippen molar-refractivity contribution in [1.29, 1.82) is 0 Å². The fraction of sp³-hybridized carbons (Fsp3) is 0.143. The molecule has 0 atom stereocenters. The molecular formula is C7H9BrCl2Si. The summed E-state index contributed by atoms with van der Waals surface area (Å²) in [7, 11) is -0.639. The highest BCUT2D eigenvalue weighted by Gasteiger charge is 1.86. The van der Waals surface area contributed by atoms with E-state index in [0.29, 0.717) is 0 Å². The minimum absolute atomic E-state index is 0.639. The molecule has 0 bridgehead atoms. The number of aryl methyl sites for hydroxylation is 1. The predicted octanol–water partition coefficient (Wildman–Crippen LogP) is 3.22. The second kappa shape index (κ2) is 7.16. The zero-order valence-corrected chi connectivity index (χ0v) is 10.7. The molecule has 0 aliphatic rings. The molecule has 1 aromatic rings. The van der Waals surface area contributed by atoms with Gasteiger partial charge in [-0.1, -0.05) is 34.1 Å². The molecule has 62 valence electrons. The molecule has 0 spiro atoms. The van der Waals surface area contributed by atoms with E-state index < -0.39 is 8.14 Å². The van der Waals surface area contributed by atoms with Crippen molar-refractivity contribution in [1.82, 2.24) is 0 Å². The van der Waals surface area contributed by atoms with Gasteiger partial charge in [-0.3, -0.25) is 0 Å². The Morgan fingerprint density at radius 3 is 2.00 bits per heavy atom. The van der Waals surface area contributed by atoms with Crippen molar-refractivity contribution in [3.8, 4) is 0 Å². The highest BCUT2D eigenvalue weighted by Crippen LogP contribution is 2.13. The van der Waals surface area contributed by atoms with E-state index in [9.17, 15) is 0 Å². The van der Waals surface area contributed by atoms with E-state index in [-0.39, 0.29) is 0 Å². The van der Waals surface area contributed by atoms with Gasteiger partial charge in [0.05, 0.1) is 0 Å². The lowest BCUT2D eigenvalue weighted by atomic mass is 10.2. The maximum absolute atomic E-state index is 4.90. The van der Waals surface area contributed by atoms with Crippen molar-refractivity contribution in [2.75, 3.05) is 0 Å². The lowest BCUT2D eigenvalue weighted by molar-refractivity contribution is 1.43. The molecule has 0 nitrogen and oxygen atoms in total. The summed E-state index contributed by atoms with van der Waals surface area (Å²) in [5, 5.41) is 0. The third-order valence-electron chi connectivity index (χ3n) is 1.08. The summed E-state index contributed by atoms with van der Waals surface area (Å²) in [5.41, 5.74) is 1.28. The molecule has 11 heavy (non-hydrogen) atoms. The van der Waals surface area contributed by atoms with Crippen LogP contribution in [0.15, 0.2) is 28.7 Å². The SMILES string of the molecule is Cc1ccccc1Br.Cl[SiH2]Cl. The number of benzene rings is 1. The summed E-state index contributed by atoms with van der Waals surface area (Å²) in [5.74, 6) is 0. The van der Waals surface area contributed by atoms with Crippen LogP contribution in [0.2, 0.25) is 0 Å². The third kappa shape index (κ3) is 5.73. The van der Waals surface area contributed by atoms with Crippen LogP contribution in [-0.4, -0.2) is 8.14 Å². The van der Waals surface area contributed by atoms with Crippen molar-refractivity contribution in [2.24, 2.45) is 0 Å². The minimum Gasteiger partial charge on any atom is -0.155 e. The first-order chi connectivity index (χ1) is 5.22. The van der Waals surface area contributed by atoms with Gasteiger partial charge in [-0.25, -0.2) is 0 Å². The van der Waals surface area contributed by atoms with Crippen molar-refractivity contribution < 1.29 is 0 Å². The van der Waals surface area contributed by atoms with E-state index in [0.717, 1.165) is 0 Å². The zero-order valence-electron chi connectivity index (χ0n) is 6.15. The van der Waals surface area contributed by atoms with Gasteiger partial charge in [-0.15, -0.1) is 0 Å². The van der Waals surface area contributed by atoms with E-state index in [1.54, 1.807) is 0 Å². The highest BCUT2D eigenvalue weighted by atomic mass is 79.9. The molecule has 0 radical (unpaired) electrons. The molecular weight excluding hydrogens is 263 g/mol. The van der Waals surface area contributed by atoms with Gasteiger partial charge in [-0.2, -0.15) is 22.2 Å². The van der Waals surface area contributed by atoms with Crippen molar-refractivity contribution in [3.63, 3.8) is 0 Å². The summed E-state index contributed by atoms with van der Waals surface area (Å²) in [6.45, 7) is 2.07. The van der Waals surface area contributed by atoms with Crippen LogP contribution in [-0.2, 0) is 0 Å². The van der Waals surface area contributed by atoms with Crippen molar-refractivity contribution >= 4 is 46.2 Å². The monoisotopic (exact) mass is 270 g/mol. The van der Waals surface area contributed by atoms with Gasteiger partial charge in [0.15, 0.2) is 0 Å². The van der Waals surface area contributed by atoms with Gasteiger partial charge in [0.2, 0.25) is 8.14 Å². The van der Waals surface area contributed by atoms with Gasteiger partial charge < -0.3 is 0 Å². The number of rotatable bonds is 0. The van der Waals surface area contributed by atoms with Crippen LogP contribution in [0.4, 0.5) is 0 Å². The van der Waals surface area contributed by atoms with E-state index in [1.807, 2.05) is 18.2 Å². The van der Waals surface area contributed by atoms with E-state index in [1.165, 1.54) is 10.0 Å². The zero-order chi connectivity index (χ0) is 8.69. The maximum Gasteiger partial charge on any atom is 0.222 e. The lowest BCUT2D eigenvalue weighted by Crippen LogP contribution is -1.69. The molecule has 0 saturated heterocycles. The van der Waals surface area contributed by atoms with Crippen LogP contribution in [0.25, 0.3) is 0 Å². The molecule has 0 amide bonds. The Bertz CT molecular complexity index is 184. The normalized spacial score (nSPS) is 8.36. The van der Waals surface area contributed by atoms with E-state index >= 15 is 0 Å². The topological polar surface area (TPSA) is 0 Å². The minimum atomic E-state index is -0.639. The van der Waals surface area contributed by atoms with Crippen LogP contribution < -0.4 is 0 Å². The van der Waals surface area contributed by atoms with Crippen molar-refractivity contribution in [3.05, 3.63) is 34.3 Å². The van der Waals surface area contributed by atoms with Gasteiger partial charge in [0.25, 0.3) is 0 Å². The molecule has 0 N–H and O–H groups in total. The Hall–Kier alpha value is 0.497. The second-order valence-corrected chi connectivity index (χ2v) is 5.33. The molecule has 0 saturated carbocycles. The number of hydrogen-bond donors (Lipinski definition) is 0. The Labute approximate surface area is 87.3 Å². The quantitative estimate of drug-likeness (QED) is 0.502. The predicted molar refractivity (Wildman–Crippen MR) is 59.1 cm³/mol. The average Bonchev–Trinajstić information content (AvgIpc) is 1.97. The van der Waals surface area contributed by atoms with E-state index in [2.05, 4.69) is 28.9 Å². The molecule has 0 fully saturated rings. The average molecular weight is 272 g/mol. The van der Waals surface area contributed by atoms with Crippen molar-refractivity contribution in [2.45, 2.75) is 6.92 Å². The summed E-state index contributed by atoms with van der Waals surface area (Å²) >= 11 is 13.2. The molecule has 0 aliphatic carbocycles. The first-order valence-electron chi connectivity index (χ1n) is 3.05. The molecule has 1 aromatic carbocycles. The van der Waals surface area contributed by atoms with Crippen LogP contribution >= 0.6 is 38.1 Å². The van der Waals surface area contributed by atoms with E-state index in [4.69, 9.17) is 22.2 Å². The Kier molecular flexibility index (Phi) is 7.49. The Morgan fingerprint density at radius 2 is 1.73 bits per heavy atom. The summed E-state index contributed by atoms with van der Waals surface area (Å²) in [6.07, 6.45) is 0. The van der Waals surface area contributed by atoms with Crippen LogP contribution in [0.1, 0.15) is 5.56 Å². The van der Waals surface area contributed by atoms with Crippen LogP contribution in [0.3, 0.4) is 0 Å².